The first-order chi connectivity index (χ1) is 50.0. The average molecular weight is 1470 g/mol. The summed E-state index contributed by atoms with van der Waals surface area (Å²) in [5, 5.41) is 9.08. The highest BCUT2D eigenvalue weighted by molar-refractivity contribution is 6.01. The maximum atomic E-state index is 15.9. The number of hydrogen-bond acceptors (Lipinski definition) is 14. The van der Waals surface area contributed by atoms with Gasteiger partial charge < -0.3 is 69.5 Å². The zero-order valence-corrected chi connectivity index (χ0v) is 65.0. The van der Waals surface area contributed by atoms with E-state index in [-0.39, 0.29) is 107 Å². The molecule has 0 radical (unpaired) electrons. The van der Waals surface area contributed by atoms with E-state index in [4.69, 9.17) is 9.47 Å². The van der Waals surface area contributed by atoms with Gasteiger partial charge in [0, 0.05) is 95.0 Å². The molecule has 3 saturated heterocycles. The van der Waals surface area contributed by atoms with Crippen molar-refractivity contribution in [2.24, 2.45) is 41.4 Å². The Morgan fingerprint density at radius 3 is 1.96 bits per heavy atom. The fourth-order valence-electron chi connectivity index (χ4n) is 18.5. The Hall–Kier alpha value is -6.77. The number of ether oxygens (including phenoxy) is 2. The highest BCUT2D eigenvalue weighted by Gasteiger charge is 2.54. The predicted octanol–water partition coefficient (Wildman–Crippen LogP) is 5.23. The quantitative estimate of drug-likeness (QED) is 0.199. The Bertz CT molecular complexity index is 3130. The molecule has 14 atom stereocenters. The third-order valence-corrected chi connectivity index (χ3v) is 25.6. The van der Waals surface area contributed by atoms with E-state index in [0.717, 1.165) is 64.2 Å². The number of nitrogens with zero attached hydrogens (tertiary/aromatic N) is 9. The molecule has 9 aliphatic rings. The summed E-state index contributed by atoms with van der Waals surface area (Å²) in [6.07, 6.45) is 14.9. The van der Waals surface area contributed by atoms with Crippen LogP contribution in [0.4, 0.5) is 4.39 Å². The zero-order chi connectivity index (χ0) is 76.3. The molecule has 1 spiro atoms. The van der Waals surface area contributed by atoms with Gasteiger partial charge in [-0.15, -0.1) is 0 Å². The Morgan fingerprint density at radius 1 is 0.657 bits per heavy atom. The smallest absolute Gasteiger partial charge is 0.248 e. The Labute approximate surface area is 622 Å². The van der Waals surface area contributed by atoms with Crippen LogP contribution in [0.15, 0.2) is 12.2 Å². The molecule has 0 aromatic carbocycles. The molecule has 12 amide bonds. The van der Waals surface area contributed by atoms with Gasteiger partial charge in [0.2, 0.25) is 70.9 Å². The van der Waals surface area contributed by atoms with Crippen LogP contribution in [0.2, 0.25) is 0 Å². The lowest BCUT2D eigenvalue weighted by atomic mass is 9.74. The minimum absolute atomic E-state index is 0.0390. The van der Waals surface area contributed by atoms with E-state index >= 15 is 42.7 Å². The van der Waals surface area contributed by atoms with E-state index in [1.165, 1.54) is 100 Å². The fraction of sp³-hybridized carbons (Fsp3) is 0.821. The standard InChI is InChI=1S/C78H125FN12O14/c1-13-49(4)67-75(101)85(8)47-66(94)86(9)58-27-16-15-21-37-90(74(58)100)62(41-51-30-28-48(3)29-31-51)73(99)84(7)46-64(92)80-57(33-32-52-39-56(79)55-34-38-105-63(55)42-52)71(97)91-45-54(104-14-2)43-60(91)70(96)82-78(35-22-36-78)77(103)89(12)68(53-25-19-20-26-53)76(102)88(11)61(72(98)83(5)6)44-65(93)87(10)59(69(95)81-67)40-50-23-17-18-24-50/h15-16,48-63,67-68H,13-14,17-47H2,1-12H3,(H,80,92)(H,81,95)(H,82,96)/b16-15-/t48?,49-,51?,52?,54+,55?,56?,57-,58-,59-,60-,61-,62-,63?,67-,68-/m0/s1. The van der Waals surface area contributed by atoms with Crippen molar-refractivity contribution in [3.05, 3.63) is 12.2 Å². The fourth-order valence-corrected chi connectivity index (χ4v) is 18.5. The summed E-state index contributed by atoms with van der Waals surface area (Å²) < 4.78 is 28.1. The second-order valence-corrected chi connectivity index (χ2v) is 33.1. The van der Waals surface area contributed by atoms with Gasteiger partial charge in [0.05, 0.1) is 31.7 Å². The zero-order valence-electron chi connectivity index (χ0n) is 65.0. The van der Waals surface area contributed by atoms with Gasteiger partial charge in [-0.05, 0) is 132 Å². The summed E-state index contributed by atoms with van der Waals surface area (Å²) in [6, 6.07) is -9.57. The monoisotopic (exact) mass is 1470 g/mol. The van der Waals surface area contributed by atoms with Gasteiger partial charge in [-0.25, -0.2) is 4.39 Å². The van der Waals surface area contributed by atoms with Gasteiger partial charge in [0.15, 0.2) is 0 Å². The number of halogens is 1. The summed E-state index contributed by atoms with van der Waals surface area (Å²) >= 11 is 0. The Kier molecular flexibility index (Phi) is 28.9. The number of likely N-dealkylation sites (N-methyl/N-ethyl adjacent to an activating group) is 7. The Morgan fingerprint density at radius 2 is 1.31 bits per heavy atom. The molecule has 5 aliphatic carbocycles. The molecule has 588 valence electrons. The van der Waals surface area contributed by atoms with Crippen molar-refractivity contribution in [2.75, 3.05) is 95.8 Å². The van der Waals surface area contributed by atoms with Crippen LogP contribution in [0.5, 0.6) is 0 Å². The van der Waals surface area contributed by atoms with Crippen LogP contribution < -0.4 is 16.0 Å². The van der Waals surface area contributed by atoms with Crippen molar-refractivity contribution >= 4 is 70.9 Å². The van der Waals surface area contributed by atoms with Crippen LogP contribution >= 0.6 is 0 Å². The van der Waals surface area contributed by atoms with E-state index in [1.54, 1.807) is 6.92 Å². The van der Waals surface area contributed by atoms with Gasteiger partial charge >= 0.3 is 0 Å². The van der Waals surface area contributed by atoms with Crippen LogP contribution in [0, 0.1) is 41.4 Å². The van der Waals surface area contributed by atoms with Crippen molar-refractivity contribution in [2.45, 2.75) is 273 Å². The van der Waals surface area contributed by atoms with Gasteiger partial charge in [-0.1, -0.05) is 104 Å². The highest BCUT2D eigenvalue weighted by atomic mass is 19.1. The predicted molar refractivity (Wildman–Crippen MR) is 391 cm³/mol. The lowest BCUT2D eigenvalue weighted by molar-refractivity contribution is -0.158. The Balaban J connectivity index is 1.09. The first kappa shape index (κ1) is 82.3. The average Bonchev–Trinajstić information content (AvgIpc) is 1.74. The molecule has 27 heteroatoms. The number of fused-ring (bicyclic) bond motifs is 4. The number of amides is 12. The molecule has 3 N–H and O–H groups in total. The number of alkyl halides is 1. The molecule has 105 heavy (non-hydrogen) atoms. The molecule has 0 aromatic heterocycles. The van der Waals surface area contributed by atoms with Crippen LogP contribution in [-0.4, -0.2) is 283 Å². The molecule has 4 heterocycles. The summed E-state index contributed by atoms with van der Waals surface area (Å²) in [4.78, 5) is 195. The normalized spacial score (nSPS) is 33.6. The van der Waals surface area contributed by atoms with Gasteiger partial charge in [0.25, 0.3) is 0 Å². The van der Waals surface area contributed by atoms with Gasteiger partial charge in [0.1, 0.15) is 60.0 Å². The summed E-state index contributed by atoms with van der Waals surface area (Å²) in [6.45, 7) is 7.40. The molecular formula is C78H125FN12O14. The molecule has 9 rings (SSSR count). The SMILES string of the molecule is CCO[C@@H]1C[C@H]2C(=O)NC3(CCC3)C(=O)N(C)[C@@H](C3CCCC3)C(=O)N(C)[C@H](C(=O)N(C)C)CC(=O)N(C)[C@@H](CC3CCCC3)C(=O)N[C@@H]([C@@H](C)CC)C(=O)N(C)CC(=O)N(C)[C@H]3C/C=C\CCN(C3=O)[C@@H](CC3CCC(C)CC3)C(=O)N(C)CC(=O)N[C@@H](CCC3CC(F)C4CCOC4C3)C(=O)N2C1. The molecule has 26 nitrogen and oxygen atoms in total. The first-order valence-corrected chi connectivity index (χ1v) is 39.8. The molecule has 4 aliphatic heterocycles. The van der Waals surface area contributed by atoms with Crippen molar-refractivity contribution in [1.29, 1.82) is 0 Å². The van der Waals surface area contributed by atoms with Crippen LogP contribution in [-0.2, 0) is 67.0 Å². The second-order valence-electron chi connectivity index (χ2n) is 33.1. The molecule has 4 unspecified atom stereocenters. The van der Waals surface area contributed by atoms with Crippen molar-refractivity contribution < 1.29 is 71.4 Å². The minimum Gasteiger partial charge on any atom is -0.378 e. The van der Waals surface area contributed by atoms with E-state index in [1.807, 2.05) is 26.0 Å². The second kappa shape index (κ2) is 36.9. The van der Waals surface area contributed by atoms with Crippen LogP contribution in [0.25, 0.3) is 0 Å². The van der Waals surface area contributed by atoms with Gasteiger partial charge in [-0.2, -0.15) is 0 Å². The molecule has 0 aromatic rings. The van der Waals surface area contributed by atoms with Gasteiger partial charge in [-0.3, -0.25) is 57.5 Å². The summed E-state index contributed by atoms with van der Waals surface area (Å²) in [5.74, 6) is -7.81. The third kappa shape index (κ3) is 19.6. The number of rotatable bonds is 13. The topological polar surface area (TPSA) is 289 Å². The van der Waals surface area contributed by atoms with E-state index in [2.05, 4.69) is 22.9 Å². The van der Waals surface area contributed by atoms with E-state index in [0.29, 0.717) is 63.9 Å². The number of hydrogen-bond donors (Lipinski definition) is 3. The minimum atomic E-state index is -1.53. The van der Waals surface area contributed by atoms with Crippen molar-refractivity contribution in [3.63, 3.8) is 0 Å². The third-order valence-electron chi connectivity index (χ3n) is 25.6. The van der Waals surface area contributed by atoms with Crippen LogP contribution in [0.3, 0.4) is 0 Å². The molecule has 2 bridgehead atoms. The maximum absolute atomic E-state index is 15.9. The molecule has 8 fully saturated rings. The van der Waals surface area contributed by atoms with Crippen molar-refractivity contribution in [1.82, 2.24) is 60.0 Å². The number of carbonyl (C=O) groups is 12. The van der Waals surface area contributed by atoms with Crippen LogP contribution in [0.1, 0.15) is 201 Å². The lowest BCUT2D eigenvalue weighted by Gasteiger charge is -2.46. The molecular weight excluding hydrogens is 1350 g/mol. The highest BCUT2D eigenvalue weighted by Crippen LogP contribution is 2.43. The molecule has 5 saturated carbocycles. The van der Waals surface area contributed by atoms with Crippen molar-refractivity contribution in [3.8, 4) is 0 Å². The largest absolute Gasteiger partial charge is 0.378 e. The summed E-state index contributed by atoms with van der Waals surface area (Å²) in [7, 11) is 11.9. The summed E-state index contributed by atoms with van der Waals surface area (Å²) in [5.41, 5.74) is -1.53. The van der Waals surface area contributed by atoms with E-state index in [9.17, 15) is 19.2 Å². The number of carbonyl (C=O) groups excluding carboxylic acids is 12. The van der Waals surface area contributed by atoms with E-state index < -0.39 is 162 Å². The lowest BCUT2D eigenvalue weighted by Crippen LogP contribution is -2.68. The first-order valence-electron chi connectivity index (χ1n) is 39.8. The maximum Gasteiger partial charge on any atom is 0.248 e. The number of nitrogens with one attached hydrogen (secondary N) is 3.